The van der Waals surface area contributed by atoms with Gasteiger partial charge in [0.25, 0.3) is 0 Å². The minimum absolute atomic E-state index is 0. The molecular weight excluding hydrogens is 276 g/mol. The SMILES string of the molecule is CC(C)C1OCCC1CNC(=O)C1(N)CCCCC1.Cl. The number of amides is 1. The zero-order chi connectivity index (χ0) is 13.9. The zero-order valence-electron chi connectivity index (χ0n) is 12.7. The van der Waals surface area contributed by atoms with Crippen LogP contribution in [0.2, 0.25) is 0 Å². The molecule has 2 fully saturated rings. The van der Waals surface area contributed by atoms with Crippen molar-refractivity contribution in [2.45, 2.75) is 64.0 Å². The molecule has 0 spiro atoms. The Morgan fingerprint density at radius 2 is 2.00 bits per heavy atom. The summed E-state index contributed by atoms with van der Waals surface area (Å²) in [7, 11) is 0. The molecule has 118 valence electrons. The van der Waals surface area contributed by atoms with Crippen molar-refractivity contribution in [2.24, 2.45) is 17.6 Å². The largest absolute Gasteiger partial charge is 0.378 e. The van der Waals surface area contributed by atoms with E-state index in [1.165, 1.54) is 6.42 Å². The summed E-state index contributed by atoms with van der Waals surface area (Å²) in [4.78, 5) is 12.3. The van der Waals surface area contributed by atoms with Crippen LogP contribution in [-0.2, 0) is 9.53 Å². The molecule has 1 aliphatic carbocycles. The predicted molar refractivity (Wildman–Crippen MR) is 82.9 cm³/mol. The molecule has 3 N–H and O–H groups in total. The van der Waals surface area contributed by atoms with E-state index < -0.39 is 5.54 Å². The van der Waals surface area contributed by atoms with E-state index in [2.05, 4.69) is 19.2 Å². The molecular formula is C15H29ClN2O2. The van der Waals surface area contributed by atoms with Gasteiger partial charge in [0, 0.05) is 19.1 Å². The number of carbonyl (C=O) groups excluding carboxylic acids is 1. The number of hydrogen-bond acceptors (Lipinski definition) is 3. The third-order valence-electron chi connectivity index (χ3n) is 4.64. The molecule has 5 heteroatoms. The monoisotopic (exact) mass is 304 g/mol. The Kier molecular flexibility index (Phi) is 6.76. The van der Waals surface area contributed by atoms with Crippen LogP contribution in [-0.4, -0.2) is 30.7 Å². The van der Waals surface area contributed by atoms with Gasteiger partial charge in [0.2, 0.25) is 5.91 Å². The highest BCUT2D eigenvalue weighted by Gasteiger charge is 2.37. The average Bonchev–Trinajstić information content (AvgIpc) is 2.85. The Bertz CT molecular complexity index is 317. The first-order valence-corrected chi connectivity index (χ1v) is 7.72. The van der Waals surface area contributed by atoms with Crippen LogP contribution in [0.4, 0.5) is 0 Å². The van der Waals surface area contributed by atoms with Crippen LogP contribution in [0, 0.1) is 11.8 Å². The van der Waals surface area contributed by atoms with Crippen LogP contribution in [0.3, 0.4) is 0 Å². The van der Waals surface area contributed by atoms with E-state index in [1.54, 1.807) is 0 Å². The highest BCUT2D eigenvalue weighted by Crippen LogP contribution is 2.28. The topological polar surface area (TPSA) is 64.3 Å². The van der Waals surface area contributed by atoms with E-state index >= 15 is 0 Å². The standard InChI is InChI=1S/C15H28N2O2.ClH/c1-11(2)13-12(6-9-19-13)10-17-14(18)15(16)7-4-3-5-8-15;/h11-13H,3-10,16H2,1-2H3,(H,17,18);1H. The van der Waals surface area contributed by atoms with E-state index in [1.807, 2.05) is 0 Å². The van der Waals surface area contributed by atoms with E-state index in [-0.39, 0.29) is 24.4 Å². The van der Waals surface area contributed by atoms with E-state index in [0.29, 0.717) is 18.4 Å². The number of ether oxygens (including phenoxy) is 1. The number of carbonyl (C=O) groups is 1. The second-order valence-electron chi connectivity index (χ2n) is 6.56. The number of nitrogens with two attached hydrogens (primary N) is 1. The number of hydrogen-bond donors (Lipinski definition) is 2. The second-order valence-corrected chi connectivity index (χ2v) is 6.56. The van der Waals surface area contributed by atoms with E-state index in [0.717, 1.165) is 38.7 Å². The maximum absolute atomic E-state index is 12.3. The first-order valence-electron chi connectivity index (χ1n) is 7.72. The Labute approximate surface area is 128 Å². The minimum atomic E-state index is -0.620. The molecule has 2 atom stereocenters. The van der Waals surface area contributed by atoms with Gasteiger partial charge in [-0.2, -0.15) is 0 Å². The van der Waals surface area contributed by atoms with Crippen LogP contribution in [0.15, 0.2) is 0 Å². The molecule has 2 unspecified atom stereocenters. The quantitative estimate of drug-likeness (QED) is 0.837. The predicted octanol–water partition coefficient (Wildman–Crippen LogP) is 2.25. The van der Waals surface area contributed by atoms with Crippen molar-refractivity contribution in [1.29, 1.82) is 0 Å². The normalized spacial score (nSPS) is 29.0. The van der Waals surface area contributed by atoms with Crippen LogP contribution in [0.5, 0.6) is 0 Å². The van der Waals surface area contributed by atoms with Crippen molar-refractivity contribution in [2.75, 3.05) is 13.2 Å². The van der Waals surface area contributed by atoms with Crippen molar-refractivity contribution in [3.63, 3.8) is 0 Å². The van der Waals surface area contributed by atoms with Crippen LogP contribution in [0.1, 0.15) is 52.4 Å². The molecule has 0 bridgehead atoms. The lowest BCUT2D eigenvalue weighted by Crippen LogP contribution is -2.56. The lowest BCUT2D eigenvalue weighted by Gasteiger charge is -2.32. The van der Waals surface area contributed by atoms with Gasteiger partial charge in [-0.1, -0.05) is 33.1 Å². The molecule has 4 nitrogen and oxygen atoms in total. The summed E-state index contributed by atoms with van der Waals surface area (Å²) in [6.07, 6.45) is 6.33. The third-order valence-corrected chi connectivity index (χ3v) is 4.64. The summed E-state index contributed by atoms with van der Waals surface area (Å²) in [5.41, 5.74) is 5.62. The fraction of sp³-hybridized carbons (Fsp3) is 0.933. The summed E-state index contributed by atoms with van der Waals surface area (Å²) in [5.74, 6) is 0.990. The van der Waals surface area contributed by atoms with Crippen LogP contribution in [0.25, 0.3) is 0 Å². The number of halogens is 1. The van der Waals surface area contributed by atoms with E-state index in [9.17, 15) is 4.79 Å². The smallest absolute Gasteiger partial charge is 0.240 e. The van der Waals surface area contributed by atoms with Gasteiger partial charge in [0.1, 0.15) is 0 Å². The molecule has 2 rings (SSSR count). The first kappa shape index (κ1) is 17.7. The summed E-state index contributed by atoms with van der Waals surface area (Å²) in [5, 5.41) is 3.08. The summed E-state index contributed by atoms with van der Waals surface area (Å²) in [6.45, 7) is 5.88. The second kappa shape index (κ2) is 7.62. The van der Waals surface area contributed by atoms with Gasteiger partial charge in [-0.25, -0.2) is 0 Å². The molecule has 1 saturated heterocycles. The van der Waals surface area contributed by atoms with Gasteiger partial charge in [0.15, 0.2) is 0 Å². The van der Waals surface area contributed by atoms with Crippen molar-refractivity contribution in [3.8, 4) is 0 Å². The molecule has 0 aromatic carbocycles. The molecule has 1 heterocycles. The van der Waals surface area contributed by atoms with Crippen molar-refractivity contribution >= 4 is 18.3 Å². The summed E-state index contributed by atoms with van der Waals surface area (Å²) >= 11 is 0. The molecule has 0 radical (unpaired) electrons. The van der Waals surface area contributed by atoms with Gasteiger partial charge >= 0.3 is 0 Å². The van der Waals surface area contributed by atoms with Crippen LogP contribution >= 0.6 is 12.4 Å². The van der Waals surface area contributed by atoms with Gasteiger partial charge in [-0.3, -0.25) is 4.79 Å². The highest BCUT2D eigenvalue weighted by atomic mass is 35.5. The van der Waals surface area contributed by atoms with Crippen molar-refractivity contribution in [3.05, 3.63) is 0 Å². The Morgan fingerprint density at radius 3 is 2.60 bits per heavy atom. The molecule has 1 saturated carbocycles. The summed E-state index contributed by atoms with van der Waals surface area (Å²) in [6, 6.07) is 0. The maximum atomic E-state index is 12.3. The Hall–Kier alpha value is -0.320. The van der Waals surface area contributed by atoms with E-state index in [4.69, 9.17) is 10.5 Å². The van der Waals surface area contributed by atoms with Gasteiger partial charge in [-0.15, -0.1) is 12.4 Å². The maximum Gasteiger partial charge on any atom is 0.240 e. The molecule has 0 aromatic rings. The minimum Gasteiger partial charge on any atom is -0.378 e. The lowest BCUT2D eigenvalue weighted by molar-refractivity contribution is -0.127. The average molecular weight is 305 g/mol. The number of nitrogens with one attached hydrogen (secondary N) is 1. The van der Waals surface area contributed by atoms with Crippen molar-refractivity contribution < 1.29 is 9.53 Å². The Morgan fingerprint density at radius 1 is 1.35 bits per heavy atom. The third kappa shape index (κ3) is 4.09. The molecule has 1 amide bonds. The molecule has 20 heavy (non-hydrogen) atoms. The molecule has 2 aliphatic rings. The first-order chi connectivity index (χ1) is 9.03. The van der Waals surface area contributed by atoms with Gasteiger partial charge in [0.05, 0.1) is 11.6 Å². The Balaban J connectivity index is 0.00000200. The number of rotatable bonds is 4. The fourth-order valence-electron chi connectivity index (χ4n) is 3.42. The molecule has 0 aromatic heterocycles. The molecule has 1 aliphatic heterocycles. The fourth-order valence-corrected chi connectivity index (χ4v) is 3.42. The lowest BCUT2D eigenvalue weighted by atomic mass is 9.81. The zero-order valence-corrected chi connectivity index (χ0v) is 13.5. The van der Waals surface area contributed by atoms with Gasteiger partial charge in [-0.05, 0) is 25.2 Å². The van der Waals surface area contributed by atoms with Gasteiger partial charge < -0.3 is 15.8 Å². The van der Waals surface area contributed by atoms with Crippen molar-refractivity contribution in [1.82, 2.24) is 5.32 Å². The summed E-state index contributed by atoms with van der Waals surface area (Å²) < 4.78 is 5.75. The van der Waals surface area contributed by atoms with Crippen LogP contribution < -0.4 is 11.1 Å². The highest BCUT2D eigenvalue weighted by molar-refractivity contribution is 5.86.